The lowest BCUT2D eigenvalue weighted by atomic mass is 10.2. The zero-order valence-corrected chi connectivity index (χ0v) is 11.4. The zero-order chi connectivity index (χ0) is 14.1. The fourth-order valence-corrected chi connectivity index (χ4v) is 1.55. The molecule has 102 valence electrons. The van der Waals surface area contributed by atoms with E-state index in [4.69, 9.17) is 0 Å². The zero-order valence-electron chi connectivity index (χ0n) is 11.4. The quantitative estimate of drug-likeness (QED) is 0.770. The van der Waals surface area contributed by atoms with Gasteiger partial charge in [-0.15, -0.1) is 0 Å². The molecule has 0 aromatic heterocycles. The van der Waals surface area contributed by atoms with Gasteiger partial charge in [-0.2, -0.15) is 0 Å². The summed E-state index contributed by atoms with van der Waals surface area (Å²) in [7, 11) is 0. The third kappa shape index (κ3) is 5.86. The molecule has 2 N–H and O–H groups in total. The highest BCUT2D eigenvalue weighted by Gasteiger charge is 2.09. The van der Waals surface area contributed by atoms with Crippen LogP contribution in [-0.4, -0.2) is 11.8 Å². The molecule has 0 fully saturated rings. The third-order valence-corrected chi connectivity index (χ3v) is 2.49. The lowest BCUT2D eigenvalue weighted by molar-refractivity contribution is -0.122. The molecule has 19 heavy (non-hydrogen) atoms. The minimum absolute atomic E-state index is 0.239. The van der Waals surface area contributed by atoms with Gasteiger partial charge in [-0.05, 0) is 12.0 Å². The fourth-order valence-electron chi connectivity index (χ4n) is 1.55. The molecule has 0 radical (unpaired) electrons. The second-order valence-corrected chi connectivity index (χ2v) is 4.26. The predicted octanol–water partition coefficient (Wildman–Crippen LogP) is 2.12. The number of rotatable bonds is 6. The van der Waals surface area contributed by atoms with Gasteiger partial charge in [0.2, 0.25) is 5.91 Å². The van der Waals surface area contributed by atoms with E-state index in [1.165, 1.54) is 6.92 Å². The Kier molecular flexibility index (Phi) is 6.36. The van der Waals surface area contributed by atoms with Crippen LogP contribution < -0.4 is 10.6 Å². The van der Waals surface area contributed by atoms with Crippen LogP contribution >= 0.6 is 0 Å². The van der Waals surface area contributed by atoms with Crippen molar-refractivity contribution < 1.29 is 9.59 Å². The monoisotopic (exact) mass is 260 g/mol. The normalized spacial score (nSPS) is 10.9. The first-order valence-electron chi connectivity index (χ1n) is 6.43. The van der Waals surface area contributed by atoms with Gasteiger partial charge < -0.3 is 10.6 Å². The Morgan fingerprint density at radius 3 is 2.47 bits per heavy atom. The van der Waals surface area contributed by atoms with E-state index >= 15 is 0 Å². The largest absolute Gasteiger partial charge is 0.347 e. The Labute approximate surface area is 113 Å². The van der Waals surface area contributed by atoms with Crippen molar-refractivity contribution in [2.45, 2.75) is 33.2 Å². The van der Waals surface area contributed by atoms with Crippen molar-refractivity contribution in [1.29, 1.82) is 0 Å². The molecule has 0 aliphatic carbocycles. The number of carbonyl (C=O) groups excluding carboxylic acids is 2. The van der Waals surface area contributed by atoms with Crippen molar-refractivity contribution in [3.8, 4) is 0 Å². The summed E-state index contributed by atoms with van der Waals surface area (Å²) in [6.07, 6.45) is 3.44. The van der Waals surface area contributed by atoms with Gasteiger partial charge in [0, 0.05) is 13.5 Å². The summed E-state index contributed by atoms with van der Waals surface area (Å²) in [5.74, 6) is -0.496. The van der Waals surface area contributed by atoms with Crippen LogP contribution in [0.1, 0.15) is 32.3 Å². The smallest absolute Gasteiger partial charge is 0.267 e. The van der Waals surface area contributed by atoms with Crippen molar-refractivity contribution in [2.24, 2.45) is 0 Å². The highest BCUT2D eigenvalue weighted by molar-refractivity contribution is 5.96. The van der Waals surface area contributed by atoms with E-state index in [0.717, 1.165) is 18.4 Å². The van der Waals surface area contributed by atoms with Crippen molar-refractivity contribution in [2.75, 3.05) is 0 Å². The van der Waals surface area contributed by atoms with E-state index in [-0.39, 0.29) is 11.8 Å². The first-order chi connectivity index (χ1) is 9.13. The van der Waals surface area contributed by atoms with Crippen molar-refractivity contribution in [1.82, 2.24) is 10.6 Å². The number of benzene rings is 1. The molecule has 4 heteroatoms. The molecule has 0 aliphatic rings. The van der Waals surface area contributed by atoms with Crippen LogP contribution in [0.4, 0.5) is 0 Å². The molecular formula is C15H20N2O2. The Balaban J connectivity index is 2.59. The minimum Gasteiger partial charge on any atom is -0.347 e. The Morgan fingerprint density at radius 2 is 1.89 bits per heavy atom. The van der Waals surface area contributed by atoms with E-state index in [9.17, 15) is 9.59 Å². The third-order valence-electron chi connectivity index (χ3n) is 2.49. The maximum atomic E-state index is 12.0. The van der Waals surface area contributed by atoms with Gasteiger partial charge in [-0.3, -0.25) is 9.59 Å². The Morgan fingerprint density at radius 1 is 1.21 bits per heavy atom. The van der Waals surface area contributed by atoms with Crippen molar-refractivity contribution in [3.05, 3.63) is 47.7 Å². The molecule has 0 spiro atoms. The summed E-state index contributed by atoms with van der Waals surface area (Å²) >= 11 is 0. The lowest BCUT2D eigenvalue weighted by Gasteiger charge is -2.09. The Bertz CT molecular complexity index is 452. The van der Waals surface area contributed by atoms with Crippen molar-refractivity contribution >= 4 is 11.8 Å². The molecule has 1 aromatic carbocycles. The van der Waals surface area contributed by atoms with Gasteiger partial charge in [0.05, 0.1) is 0 Å². The van der Waals surface area contributed by atoms with E-state index in [1.807, 2.05) is 37.3 Å². The van der Waals surface area contributed by atoms with Gasteiger partial charge in [0.15, 0.2) is 0 Å². The van der Waals surface area contributed by atoms with E-state index in [2.05, 4.69) is 10.6 Å². The molecule has 1 aromatic rings. The second kappa shape index (κ2) is 8.08. The van der Waals surface area contributed by atoms with Crippen LogP contribution in [0.25, 0.3) is 0 Å². The highest BCUT2D eigenvalue weighted by atomic mass is 16.2. The molecule has 0 aliphatic heterocycles. The van der Waals surface area contributed by atoms with Crippen LogP contribution in [0.2, 0.25) is 0 Å². The van der Waals surface area contributed by atoms with Crippen LogP contribution in [0.5, 0.6) is 0 Å². The molecule has 0 bridgehead atoms. The summed E-state index contributed by atoms with van der Waals surface area (Å²) in [6.45, 7) is 3.86. The number of allylic oxidation sites excluding steroid dienone is 1. The summed E-state index contributed by atoms with van der Waals surface area (Å²) in [4.78, 5) is 23.0. The van der Waals surface area contributed by atoms with Crippen LogP contribution in [0, 0.1) is 0 Å². The highest BCUT2D eigenvalue weighted by Crippen LogP contribution is 2.00. The van der Waals surface area contributed by atoms with Crippen LogP contribution in [0.15, 0.2) is 42.1 Å². The predicted molar refractivity (Wildman–Crippen MR) is 75.1 cm³/mol. The summed E-state index contributed by atoms with van der Waals surface area (Å²) in [5.41, 5.74) is 1.35. The molecule has 2 amide bonds. The molecule has 1 rings (SSSR count). The minimum atomic E-state index is -0.257. The molecule has 0 unspecified atom stereocenters. The standard InChI is InChI=1S/C15H20N2O2/c1-3-4-10-14(17-12(2)18)15(19)16-11-13-8-6-5-7-9-13/h5-10H,3-4,11H2,1-2H3,(H,16,19)(H,17,18). The van der Waals surface area contributed by atoms with Gasteiger partial charge in [0.25, 0.3) is 5.91 Å². The summed E-state index contributed by atoms with van der Waals surface area (Å²) in [5, 5.41) is 5.35. The average Bonchev–Trinajstić information content (AvgIpc) is 2.41. The first kappa shape index (κ1) is 15.0. The van der Waals surface area contributed by atoms with Gasteiger partial charge >= 0.3 is 0 Å². The van der Waals surface area contributed by atoms with E-state index < -0.39 is 0 Å². The van der Waals surface area contributed by atoms with Crippen LogP contribution in [-0.2, 0) is 16.1 Å². The molecule has 4 nitrogen and oxygen atoms in total. The molecule has 0 saturated carbocycles. The average molecular weight is 260 g/mol. The topological polar surface area (TPSA) is 58.2 Å². The van der Waals surface area contributed by atoms with Gasteiger partial charge in [-0.25, -0.2) is 0 Å². The maximum Gasteiger partial charge on any atom is 0.267 e. The molecule has 0 saturated heterocycles. The summed E-state index contributed by atoms with van der Waals surface area (Å²) < 4.78 is 0. The van der Waals surface area contributed by atoms with Crippen LogP contribution in [0.3, 0.4) is 0 Å². The van der Waals surface area contributed by atoms with E-state index in [0.29, 0.717) is 12.2 Å². The number of hydrogen-bond acceptors (Lipinski definition) is 2. The molecule has 0 atom stereocenters. The number of hydrogen-bond donors (Lipinski definition) is 2. The number of nitrogens with one attached hydrogen (secondary N) is 2. The summed E-state index contributed by atoms with van der Waals surface area (Å²) in [6, 6.07) is 9.64. The number of unbranched alkanes of at least 4 members (excludes halogenated alkanes) is 1. The van der Waals surface area contributed by atoms with Gasteiger partial charge in [0.1, 0.15) is 5.70 Å². The lowest BCUT2D eigenvalue weighted by Crippen LogP contribution is -2.33. The SMILES string of the molecule is CCCC=C(NC(C)=O)C(=O)NCc1ccccc1. The molecular weight excluding hydrogens is 240 g/mol. The molecule has 0 heterocycles. The van der Waals surface area contributed by atoms with E-state index in [1.54, 1.807) is 6.08 Å². The maximum absolute atomic E-state index is 12.0. The Hall–Kier alpha value is -2.10. The first-order valence-corrected chi connectivity index (χ1v) is 6.43. The van der Waals surface area contributed by atoms with Gasteiger partial charge in [-0.1, -0.05) is 49.8 Å². The second-order valence-electron chi connectivity index (χ2n) is 4.26. The van der Waals surface area contributed by atoms with Crippen molar-refractivity contribution in [3.63, 3.8) is 0 Å². The number of carbonyl (C=O) groups is 2. The number of amides is 2. The fraction of sp³-hybridized carbons (Fsp3) is 0.333.